The minimum Gasteiger partial charge on any atom is 0 e. The van der Waals surface area contributed by atoms with Gasteiger partial charge in [0.2, 0.25) is 0 Å². The van der Waals surface area contributed by atoms with Gasteiger partial charge in [0.05, 0.1) is 0 Å². The van der Waals surface area contributed by atoms with Gasteiger partial charge in [0.25, 0.3) is 0 Å². The van der Waals surface area contributed by atoms with Crippen molar-refractivity contribution in [1.82, 2.24) is 0 Å². The predicted molar refractivity (Wildman–Crippen MR) is 5.69 cm³/mol. The largest absolute Gasteiger partial charge is 0 e. The van der Waals surface area contributed by atoms with Gasteiger partial charge in [-0.25, -0.2) is 0 Å². The molecule has 29 valence electrons. The van der Waals surface area contributed by atoms with E-state index in [1.165, 1.54) is 23.6 Å². The number of rotatable bonds is 0. The first-order valence-corrected chi connectivity index (χ1v) is 1.50. The molecular formula is COPtRh. The van der Waals surface area contributed by atoms with E-state index < -0.39 is 0 Å². The molecule has 0 aromatic heterocycles. The molecule has 0 aromatic rings. The Bertz CT molecular complexity index is 29.0. The molecule has 0 atom stereocenters. The third-order valence-electron chi connectivity index (χ3n) is 0. The smallest absolute Gasteiger partial charge is 0 e. The van der Waals surface area contributed by atoms with Crippen molar-refractivity contribution in [2.75, 3.05) is 0 Å². The zero-order valence-electron chi connectivity index (χ0n) is 1.56. The molecule has 0 N–H and O–H groups in total. The molecule has 1 nitrogen and oxygen atoms in total. The molecule has 0 heterocycles. The second kappa shape index (κ2) is 9.09. The summed E-state index contributed by atoms with van der Waals surface area (Å²) < 4.78 is 1.47. The van der Waals surface area contributed by atoms with E-state index in [4.69, 9.17) is 4.79 Å². The first kappa shape index (κ1) is 8.86. The van der Waals surface area contributed by atoms with Crippen LogP contribution >= 0.6 is 0 Å². The van der Waals surface area contributed by atoms with Crippen LogP contribution in [0.3, 0.4) is 0 Å². The second-order valence-corrected chi connectivity index (χ2v) is 0.528. The van der Waals surface area contributed by atoms with Crippen molar-refractivity contribution in [1.29, 1.82) is 0 Å². The van der Waals surface area contributed by atoms with Crippen LogP contribution in [0, 0.1) is 0 Å². The zero-order chi connectivity index (χ0) is 2.71. The molecule has 0 aliphatic carbocycles. The van der Waals surface area contributed by atoms with E-state index in [0.29, 0.717) is 0 Å². The maximum atomic E-state index is 8.67. The van der Waals surface area contributed by atoms with Crippen LogP contribution < -0.4 is 0 Å². The normalized spacial score (nSPS) is 2.50. The topological polar surface area (TPSA) is 17.1 Å². The molecule has 1 radical (unpaired) electrons. The molecule has 0 saturated heterocycles. The van der Waals surface area contributed by atoms with Gasteiger partial charge in [-0.2, -0.15) is 0 Å². The van der Waals surface area contributed by atoms with Crippen molar-refractivity contribution in [2.24, 2.45) is 0 Å². The molecule has 0 aromatic carbocycles. The van der Waals surface area contributed by atoms with Gasteiger partial charge in [0.15, 0.2) is 0 Å². The first-order valence-electron chi connectivity index (χ1n) is 0.362. The Morgan fingerprint density at radius 1 is 1.75 bits per heavy atom. The quantitative estimate of drug-likeness (QED) is 0.554. The van der Waals surface area contributed by atoms with Crippen LogP contribution in [-0.4, -0.2) is 4.27 Å². The monoisotopic (exact) mass is 326 g/mol. The minimum atomic E-state index is 0. The number of hydrogen-bond donors (Lipinski definition) is 0. The minimum absolute atomic E-state index is 0. The fourth-order valence-corrected chi connectivity index (χ4v) is 0. The average molecular weight is 326 g/mol. The Balaban J connectivity index is 0. The molecule has 0 aliphatic rings. The average Bonchev–Trinajstić information content (AvgIpc) is 0.918. The SMILES string of the molecule is O=[C]=[Pt].[Rh]. The Morgan fingerprint density at radius 3 is 1.75 bits per heavy atom. The van der Waals surface area contributed by atoms with Crippen molar-refractivity contribution in [3.05, 3.63) is 0 Å². The summed E-state index contributed by atoms with van der Waals surface area (Å²) in [4.78, 5) is 8.67. The molecular weight excluding hydrogens is 326 g/mol. The van der Waals surface area contributed by atoms with Crippen LogP contribution in [0.15, 0.2) is 0 Å². The van der Waals surface area contributed by atoms with Crippen LogP contribution in [0.5, 0.6) is 0 Å². The predicted octanol–water partition coefficient (Wildman–Crippen LogP) is -0.402. The van der Waals surface area contributed by atoms with Crippen LogP contribution in [-0.2, 0) is 43.6 Å². The molecule has 0 saturated carbocycles. The van der Waals surface area contributed by atoms with Crippen LogP contribution in [0.25, 0.3) is 0 Å². The summed E-state index contributed by atoms with van der Waals surface area (Å²) in [6.45, 7) is 0. The summed E-state index contributed by atoms with van der Waals surface area (Å²) in [6, 6.07) is 0. The molecule has 3 heteroatoms. The van der Waals surface area contributed by atoms with Crippen molar-refractivity contribution in [3.8, 4) is 0 Å². The van der Waals surface area contributed by atoms with Gasteiger partial charge in [-0.15, -0.1) is 0 Å². The third-order valence-corrected chi connectivity index (χ3v) is 0. The Morgan fingerprint density at radius 2 is 1.75 bits per heavy atom. The third kappa shape index (κ3) is 13.0. The van der Waals surface area contributed by atoms with Crippen LogP contribution in [0.2, 0.25) is 0 Å². The molecule has 0 amide bonds. The van der Waals surface area contributed by atoms with Gasteiger partial charge in [-0.1, -0.05) is 0 Å². The summed E-state index contributed by atoms with van der Waals surface area (Å²) in [5.74, 6) is 0. The van der Waals surface area contributed by atoms with Gasteiger partial charge in [0.1, 0.15) is 0 Å². The molecule has 0 fully saturated rings. The molecule has 4 heavy (non-hydrogen) atoms. The second-order valence-electron chi connectivity index (χ2n) is 0.0645. The number of carbonyl (C=O) groups excluding carboxylic acids is 1. The van der Waals surface area contributed by atoms with E-state index in [-0.39, 0.29) is 19.5 Å². The van der Waals surface area contributed by atoms with Gasteiger partial charge in [-0.3, -0.25) is 0 Å². The zero-order valence-corrected chi connectivity index (χ0v) is 5.47. The van der Waals surface area contributed by atoms with Crippen molar-refractivity contribution in [2.45, 2.75) is 0 Å². The molecule has 0 rings (SSSR count). The van der Waals surface area contributed by atoms with Gasteiger partial charge in [0, 0.05) is 19.5 Å². The maximum Gasteiger partial charge on any atom is 0 e. The summed E-state index contributed by atoms with van der Waals surface area (Å²) >= 11 is 1.47. The van der Waals surface area contributed by atoms with E-state index in [0.717, 1.165) is 0 Å². The molecule has 0 spiro atoms. The Labute approximate surface area is 47.9 Å². The van der Waals surface area contributed by atoms with E-state index >= 15 is 0 Å². The van der Waals surface area contributed by atoms with Gasteiger partial charge >= 0.3 is 28.4 Å². The fraction of sp³-hybridized carbons (Fsp3) is 0. The van der Waals surface area contributed by atoms with Gasteiger partial charge in [-0.05, 0) is 0 Å². The molecule has 0 aliphatic heterocycles. The standard InChI is InChI=1S/CO.Pt.Rh/c1-2;;. The number of hydrogen-bond acceptors (Lipinski definition) is 1. The summed E-state index contributed by atoms with van der Waals surface area (Å²) in [5.41, 5.74) is 0. The van der Waals surface area contributed by atoms with E-state index in [2.05, 4.69) is 0 Å². The fourth-order valence-electron chi connectivity index (χ4n) is 0. The summed E-state index contributed by atoms with van der Waals surface area (Å²) in [7, 11) is 0. The van der Waals surface area contributed by atoms with E-state index in [1.54, 1.807) is 0 Å². The Hall–Kier alpha value is 0.892. The van der Waals surface area contributed by atoms with E-state index in [9.17, 15) is 0 Å². The first-order chi connectivity index (χ1) is 1.41. The van der Waals surface area contributed by atoms with Crippen molar-refractivity contribution < 1.29 is 43.6 Å². The maximum absolute atomic E-state index is 8.67. The molecule has 0 bridgehead atoms. The van der Waals surface area contributed by atoms with Crippen molar-refractivity contribution >= 4 is 4.27 Å². The Kier molecular flexibility index (Phi) is 20.1. The summed E-state index contributed by atoms with van der Waals surface area (Å²) in [6.07, 6.45) is 0. The van der Waals surface area contributed by atoms with Crippen LogP contribution in [0.4, 0.5) is 0 Å². The summed E-state index contributed by atoms with van der Waals surface area (Å²) in [5, 5.41) is 0. The van der Waals surface area contributed by atoms with Crippen molar-refractivity contribution in [3.63, 3.8) is 0 Å². The molecule has 0 unspecified atom stereocenters. The van der Waals surface area contributed by atoms with E-state index in [1.807, 2.05) is 0 Å². The van der Waals surface area contributed by atoms with Crippen LogP contribution in [0.1, 0.15) is 0 Å². The van der Waals surface area contributed by atoms with Gasteiger partial charge < -0.3 is 0 Å².